The van der Waals surface area contributed by atoms with E-state index >= 15 is 0 Å². The van der Waals surface area contributed by atoms with Gasteiger partial charge in [-0.1, -0.05) is 12.1 Å². The van der Waals surface area contributed by atoms with Gasteiger partial charge in [-0.05, 0) is 25.0 Å². The first kappa shape index (κ1) is 14.3. The smallest absolute Gasteiger partial charge is 0.228 e. The van der Waals surface area contributed by atoms with Crippen molar-refractivity contribution in [3.05, 3.63) is 24.3 Å². The monoisotopic (exact) mass is 309 g/mol. The maximum absolute atomic E-state index is 12.2. The number of hydrogen-bond acceptors (Lipinski definition) is 4. The van der Waals surface area contributed by atoms with E-state index in [1.165, 1.54) is 0 Å². The molecule has 6 nitrogen and oxygen atoms in total. The molecule has 0 radical (unpaired) electrons. The summed E-state index contributed by atoms with van der Waals surface area (Å²) < 4.78 is 23.0. The van der Waals surface area contributed by atoms with E-state index in [4.69, 9.17) is 5.14 Å². The fraction of sp³-hybridized carbons (Fsp3) is 0.500. The van der Waals surface area contributed by atoms with E-state index in [9.17, 15) is 13.2 Å². The van der Waals surface area contributed by atoms with Crippen LogP contribution in [0, 0.1) is 0 Å². The molecule has 2 N–H and O–H groups in total. The number of amides is 1. The molecular formula is C14H19N3O3S. The molecule has 2 aliphatic heterocycles. The summed E-state index contributed by atoms with van der Waals surface area (Å²) in [7, 11) is -3.68. The van der Waals surface area contributed by atoms with Crippen LogP contribution >= 0.6 is 0 Å². The van der Waals surface area contributed by atoms with Crippen LogP contribution in [0.15, 0.2) is 24.3 Å². The first-order valence-electron chi connectivity index (χ1n) is 7.13. The van der Waals surface area contributed by atoms with Crippen molar-refractivity contribution in [3.8, 4) is 0 Å². The summed E-state index contributed by atoms with van der Waals surface area (Å²) in [4.78, 5) is 16.0. The fourth-order valence-corrected chi connectivity index (χ4v) is 3.78. The van der Waals surface area contributed by atoms with Crippen molar-refractivity contribution in [3.63, 3.8) is 0 Å². The SMILES string of the molecule is NS(=O)(=O)C1CC(=O)N(c2ccccc2N2CCCC2)C1. The fourth-order valence-electron chi connectivity index (χ4n) is 3.05. The number of sulfonamides is 1. The number of rotatable bonds is 3. The summed E-state index contributed by atoms with van der Waals surface area (Å²) in [6.45, 7) is 2.08. The zero-order valence-corrected chi connectivity index (χ0v) is 12.6. The number of carbonyl (C=O) groups is 1. The van der Waals surface area contributed by atoms with Gasteiger partial charge in [0, 0.05) is 26.1 Å². The third kappa shape index (κ3) is 2.75. The zero-order valence-electron chi connectivity index (χ0n) is 11.7. The van der Waals surface area contributed by atoms with Crippen molar-refractivity contribution in [1.29, 1.82) is 0 Å². The number of nitrogens with two attached hydrogens (primary N) is 1. The Morgan fingerprint density at radius 3 is 2.29 bits per heavy atom. The van der Waals surface area contributed by atoms with Gasteiger partial charge in [-0.2, -0.15) is 0 Å². The minimum absolute atomic E-state index is 0.0346. The molecule has 3 rings (SSSR count). The predicted octanol–water partition coefficient (Wildman–Crippen LogP) is 0.681. The van der Waals surface area contributed by atoms with Gasteiger partial charge in [0.15, 0.2) is 0 Å². The van der Waals surface area contributed by atoms with E-state index in [0.29, 0.717) is 0 Å². The van der Waals surface area contributed by atoms with Crippen LogP contribution in [-0.4, -0.2) is 39.2 Å². The lowest BCUT2D eigenvalue weighted by Gasteiger charge is -2.26. The molecule has 1 amide bonds. The highest BCUT2D eigenvalue weighted by atomic mass is 32.2. The lowest BCUT2D eigenvalue weighted by atomic mass is 10.2. The Morgan fingerprint density at radius 1 is 1.10 bits per heavy atom. The standard InChI is InChI=1S/C14H19N3O3S/c15-21(19,20)11-9-14(18)17(10-11)13-6-2-1-5-12(13)16-7-3-4-8-16/h1-2,5-6,11H,3-4,7-10H2,(H2,15,19,20). The number of carbonyl (C=O) groups excluding carboxylic acids is 1. The van der Waals surface area contributed by atoms with Gasteiger partial charge in [-0.15, -0.1) is 0 Å². The van der Waals surface area contributed by atoms with Crippen LogP contribution in [0.3, 0.4) is 0 Å². The van der Waals surface area contributed by atoms with Crippen LogP contribution in [0.25, 0.3) is 0 Å². The molecule has 0 spiro atoms. The second-order valence-corrected chi connectivity index (χ2v) is 7.45. The number of para-hydroxylation sites is 2. The third-order valence-corrected chi connectivity index (χ3v) is 5.42. The molecule has 0 saturated carbocycles. The van der Waals surface area contributed by atoms with Gasteiger partial charge in [-0.25, -0.2) is 13.6 Å². The van der Waals surface area contributed by atoms with E-state index in [1.54, 1.807) is 4.90 Å². The predicted molar refractivity (Wildman–Crippen MR) is 81.8 cm³/mol. The minimum Gasteiger partial charge on any atom is -0.370 e. The molecule has 1 unspecified atom stereocenters. The molecule has 2 saturated heterocycles. The van der Waals surface area contributed by atoms with Crippen molar-refractivity contribution in [1.82, 2.24) is 0 Å². The topological polar surface area (TPSA) is 83.7 Å². The van der Waals surface area contributed by atoms with Gasteiger partial charge in [0.2, 0.25) is 15.9 Å². The summed E-state index contributed by atoms with van der Waals surface area (Å²) in [5.74, 6) is -0.180. The molecule has 1 atom stereocenters. The van der Waals surface area contributed by atoms with Crippen LogP contribution in [0.4, 0.5) is 11.4 Å². The van der Waals surface area contributed by atoms with Gasteiger partial charge >= 0.3 is 0 Å². The highest BCUT2D eigenvalue weighted by Gasteiger charge is 2.38. The van der Waals surface area contributed by atoms with Crippen molar-refractivity contribution in [2.24, 2.45) is 5.14 Å². The Bertz CT molecular complexity index is 653. The molecule has 1 aromatic rings. The summed E-state index contributed by atoms with van der Waals surface area (Å²) in [6.07, 6.45) is 2.25. The lowest BCUT2D eigenvalue weighted by Crippen LogP contribution is -2.33. The second-order valence-electron chi connectivity index (χ2n) is 5.60. The molecule has 0 aliphatic carbocycles. The summed E-state index contributed by atoms with van der Waals surface area (Å²) in [6, 6.07) is 7.66. The van der Waals surface area contributed by atoms with Gasteiger partial charge in [0.05, 0.1) is 11.4 Å². The van der Waals surface area contributed by atoms with Crippen LogP contribution in [-0.2, 0) is 14.8 Å². The first-order chi connectivity index (χ1) is 9.97. The van der Waals surface area contributed by atoms with Gasteiger partial charge < -0.3 is 9.80 Å². The lowest BCUT2D eigenvalue weighted by molar-refractivity contribution is -0.117. The molecule has 2 fully saturated rings. The highest BCUT2D eigenvalue weighted by Crippen LogP contribution is 2.34. The molecule has 7 heteroatoms. The van der Waals surface area contributed by atoms with E-state index in [1.807, 2.05) is 24.3 Å². The van der Waals surface area contributed by atoms with E-state index in [0.717, 1.165) is 37.3 Å². The average molecular weight is 309 g/mol. The molecule has 2 aliphatic rings. The van der Waals surface area contributed by atoms with Gasteiger partial charge in [-0.3, -0.25) is 4.79 Å². The largest absolute Gasteiger partial charge is 0.370 e. The number of hydrogen-bond donors (Lipinski definition) is 1. The summed E-state index contributed by atoms with van der Waals surface area (Å²) >= 11 is 0. The summed E-state index contributed by atoms with van der Waals surface area (Å²) in [5.41, 5.74) is 1.79. The van der Waals surface area contributed by atoms with E-state index in [-0.39, 0.29) is 18.9 Å². The van der Waals surface area contributed by atoms with Crippen molar-refractivity contribution in [2.45, 2.75) is 24.5 Å². The van der Waals surface area contributed by atoms with Crippen LogP contribution in [0.2, 0.25) is 0 Å². The summed E-state index contributed by atoms with van der Waals surface area (Å²) in [5, 5.41) is 4.38. The van der Waals surface area contributed by atoms with E-state index < -0.39 is 15.3 Å². The molecule has 0 aromatic heterocycles. The second kappa shape index (κ2) is 5.31. The molecule has 1 aromatic carbocycles. The maximum atomic E-state index is 12.2. The van der Waals surface area contributed by atoms with Crippen molar-refractivity contribution >= 4 is 27.3 Å². The number of nitrogens with zero attached hydrogens (tertiary/aromatic N) is 2. The normalized spacial score (nSPS) is 23.1. The number of primary sulfonamides is 1. The Kier molecular flexibility index (Phi) is 3.62. The Labute approximate surface area is 124 Å². The quantitative estimate of drug-likeness (QED) is 0.890. The zero-order chi connectivity index (χ0) is 15.0. The number of benzene rings is 1. The van der Waals surface area contributed by atoms with Crippen molar-refractivity contribution in [2.75, 3.05) is 29.4 Å². The number of anilines is 2. The Balaban J connectivity index is 1.92. The van der Waals surface area contributed by atoms with Gasteiger partial charge in [0.25, 0.3) is 0 Å². The Hall–Kier alpha value is -1.60. The van der Waals surface area contributed by atoms with Crippen molar-refractivity contribution < 1.29 is 13.2 Å². The average Bonchev–Trinajstić information content (AvgIpc) is 3.07. The minimum atomic E-state index is -3.68. The molecule has 114 valence electrons. The van der Waals surface area contributed by atoms with Gasteiger partial charge in [0.1, 0.15) is 5.25 Å². The Morgan fingerprint density at radius 2 is 1.71 bits per heavy atom. The first-order valence-corrected chi connectivity index (χ1v) is 8.74. The highest BCUT2D eigenvalue weighted by molar-refractivity contribution is 7.89. The maximum Gasteiger partial charge on any atom is 0.228 e. The van der Waals surface area contributed by atoms with Crippen LogP contribution < -0.4 is 14.9 Å². The molecular weight excluding hydrogens is 290 g/mol. The third-order valence-electron chi connectivity index (χ3n) is 4.17. The van der Waals surface area contributed by atoms with Crippen LogP contribution in [0.5, 0.6) is 0 Å². The molecule has 0 bridgehead atoms. The molecule has 21 heavy (non-hydrogen) atoms. The molecule has 2 heterocycles. The van der Waals surface area contributed by atoms with Crippen LogP contribution in [0.1, 0.15) is 19.3 Å². The van der Waals surface area contributed by atoms with E-state index in [2.05, 4.69) is 4.90 Å².